The number of benzene rings is 2. The molecule has 0 radical (unpaired) electrons. The minimum atomic E-state index is -0.663. The van der Waals surface area contributed by atoms with E-state index in [1.54, 1.807) is 6.92 Å². The fourth-order valence-electron chi connectivity index (χ4n) is 1.94. The second kappa shape index (κ2) is 4.85. The summed E-state index contributed by atoms with van der Waals surface area (Å²) in [5.74, 6) is -0.482. The molecular weight excluding hydrogens is 260 g/mol. The van der Waals surface area contributed by atoms with Gasteiger partial charge in [0, 0.05) is 11.6 Å². The standard InChI is InChI=1S/C15H11F2N3/c1-9-7-11(13(17)8-12(9)16)15-18-14(19-20-15)10-5-3-2-4-6-10/h2-8H,1H3,(H,18,19,20). The van der Waals surface area contributed by atoms with Crippen LogP contribution in [0.2, 0.25) is 0 Å². The average molecular weight is 271 g/mol. The van der Waals surface area contributed by atoms with Crippen LogP contribution in [0.5, 0.6) is 0 Å². The molecule has 1 N–H and O–H groups in total. The topological polar surface area (TPSA) is 41.6 Å². The fraction of sp³-hybridized carbons (Fsp3) is 0.0667. The van der Waals surface area contributed by atoms with Gasteiger partial charge in [-0.3, -0.25) is 5.10 Å². The molecule has 2 aromatic carbocycles. The first-order valence-electron chi connectivity index (χ1n) is 6.09. The van der Waals surface area contributed by atoms with E-state index in [9.17, 15) is 8.78 Å². The third-order valence-electron chi connectivity index (χ3n) is 3.02. The van der Waals surface area contributed by atoms with Gasteiger partial charge in [-0.05, 0) is 18.6 Å². The van der Waals surface area contributed by atoms with Crippen LogP contribution in [0.4, 0.5) is 8.78 Å². The number of nitrogens with zero attached hydrogens (tertiary/aromatic N) is 2. The van der Waals surface area contributed by atoms with Crippen molar-refractivity contribution in [2.24, 2.45) is 0 Å². The molecule has 3 nitrogen and oxygen atoms in total. The van der Waals surface area contributed by atoms with Crippen LogP contribution in [-0.2, 0) is 0 Å². The predicted octanol–water partition coefficient (Wildman–Crippen LogP) is 3.73. The Morgan fingerprint density at radius 3 is 2.50 bits per heavy atom. The monoisotopic (exact) mass is 271 g/mol. The van der Waals surface area contributed by atoms with Crippen LogP contribution in [0.25, 0.3) is 22.8 Å². The van der Waals surface area contributed by atoms with E-state index in [1.807, 2.05) is 30.3 Å². The lowest BCUT2D eigenvalue weighted by Gasteiger charge is -2.02. The van der Waals surface area contributed by atoms with E-state index in [0.717, 1.165) is 11.6 Å². The molecule has 3 rings (SSSR count). The molecule has 0 spiro atoms. The second-order valence-corrected chi connectivity index (χ2v) is 4.45. The van der Waals surface area contributed by atoms with Crippen molar-refractivity contribution in [1.29, 1.82) is 0 Å². The molecule has 5 heteroatoms. The van der Waals surface area contributed by atoms with Gasteiger partial charge in [0.25, 0.3) is 0 Å². The molecule has 0 unspecified atom stereocenters. The fourth-order valence-corrected chi connectivity index (χ4v) is 1.94. The second-order valence-electron chi connectivity index (χ2n) is 4.45. The molecule has 0 aliphatic carbocycles. The molecule has 0 aliphatic heterocycles. The van der Waals surface area contributed by atoms with E-state index >= 15 is 0 Å². The summed E-state index contributed by atoms with van der Waals surface area (Å²) in [5.41, 5.74) is 1.40. The maximum absolute atomic E-state index is 13.8. The van der Waals surface area contributed by atoms with Gasteiger partial charge in [0.15, 0.2) is 11.6 Å². The molecule has 20 heavy (non-hydrogen) atoms. The van der Waals surface area contributed by atoms with Gasteiger partial charge in [-0.15, -0.1) is 0 Å². The summed E-state index contributed by atoms with van der Waals surface area (Å²) in [5, 5.41) is 6.74. The largest absolute Gasteiger partial charge is 0.259 e. The highest BCUT2D eigenvalue weighted by atomic mass is 19.1. The van der Waals surface area contributed by atoms with Crippen LogP contribution in [-0.4, -0.2) is 15.2 Å². The minimum Gasteiger partial charge on any atom is -0.259 e. The van der Waals surface area contributed by atoms with E-state index < -0.39 is 11.6 Å². The minimum absolute atomic E-state index is 0.207. The lowest BCUT2D eigenvalue weighted by Crippen LogP contribution is -1.92. The summed E-state index contributed by atoms with van der Waals surface area (Å²) in [6.07, 6.45) is 0. The third kappa shape index (κ3) is 2.18. The number of aromatic nitrogens is 3. The Balaban J connectivity index is 2.05. The molecule has 1 heterocycles. The van der Waals surface area contributed by atoms with Crippen LogP contribution < -0.4 is 0 Å². The lowest BCUT2D eigenvalue weighted by atomic mass is 10.1. The van der Waals surface area contributed by atoms with Crippen molar-refractivity contribution in [2.75, 3.05) is 0 Å². The van der Waals surface area contributed by atoms with E-state index in [1.165, 1.54) is 6.07 Å². The summed E-state index contributed by atoms with van der Waals surface area (Å²) < 4.78 is 27.1. The Morgan fingerprint density at radius 1 is 1.00 bits per heavy atom. The first-order chi connectivity index (χ1) is 9.65. The van der Waals surface area contributed by atoms with Gasteiger partial charge in [-0.25, -0.2) is 13.8 Å². The predicted molar refractivity (Wildman–Crippen MR) is 71.9 cm³/mol. The maximum Gasteiger partial charge on any atom is 0.181 e. The number of hydrogen-bond acceptors (Lipinski definition) is 2. The van der Waals surface area contributed by atoms with Crippen molar-refractivity contribution in [3.8, 4) is 22.8 Å². The van der Waals surface area contributed by atoms with Crippen molar-refractivity contribution in [3.05, 3.63) is 59.7 Å². The zero-order valence-electron chi connectivity index (χ0n) is 10.7. The van der Waals surface area contributed by atoms with Gasteiger partial charge in [0.05, 0.1) is 5.56 Å². The Hall–Kier alpha value is -2.56. The Morgan fingerprint density at radius 2 is 1.75 bits per heavy atom. The molecule has 0 fully saturated rings. The van der Waals surface area contributed by atoms with Crippen molar-refractivity contribution in [2.45, 2.75) is 6.92 Å². The van der Waals surface area contributed by atoms with Crippen molar-refractivity contribution in [1.82, 2.24) is 15.2 Å². The highest BCUT2D eigenvalue weighted by Crippen LogP contribution is 2.24. The molecule has 100 valence electrons. The molecule has 0 bridgehead atoms. The molecule has 0 amide bonds. The zero-order chi connectivity index (χ0) is 14.1. The quantitative estimate of drug-likeness (QED) is 0.771. The van der Waals surface area contributed by atoms with Gasteiger partial charge >= 0.3 is 0 Å². The molecule has 0 atom stereocenters. The van der Waals surface area contributed by atoms with E-state index in [2.05, 4.69) is 15.2 Å². The van der Waals surface area contributed by atoms with E-state index in [0.29, 0.717) is 11.4 Å². The van der Waals surface area contributed by atoms with Crippen LogP contribution in [0, 0.1) is 18.6 Å². The summed E-state index contributed by atoms with van der Waals surface area (Å²) in [7, 11) is 0. The third-order valence-corrected chi connectivity index (χ3v) is 3.02. The number of aromatic amines is 1. The first kappa shape index (κ1) is 12.5. The summed E-state index contributed by atoms with van der Waals surface area (Å²) in [6.45, 7) is 1.58. The van der Waals surface area contributed by atoms with Gasteiger partial charge in [0.1, 0.15) is 11.6 Å². The number of H-pyrrole nitrogens is 1. The lowest BCUT2D eigenvalue weighted by molar-refractivity contribution is 0.579. The van der Waals surface area contributed by atoms with Crippen molar-refractivity contribution in [3.63, 3.8) is 0 Å². The smallest absolute Gasteiger partial charge is 0.181 e. The SMILES string of the molecule is Cc1cc(-c2nc(-c3ccccc3)n[nH]2)c(F)cc1F. The molecule has 3 aromatic rings. The molecule has 0 saturated carbocycles. The van der Waals surface area contributed by atoms with Gasteiger partial charge < -0.3 is 0 Å². The number of nitrogens with one attached hydrogen (secondary N) is 1. The summed E-state index contributed by atoms with van der Waals surface area (Å²) >= 11 is 0. The van der Waals surface area contributed by atoms with Crippen molar-refractivity contribution >= 4 is 0 Å². The number of halogens is 2. The van der Waals surface area contributed by atoms with Crippen LogP contribution in [0.15, 0.2) is 42.5 Å². The highest BCUT2D eigenvalue weighted by molar-refractivity contribution is 5.62. The van der Waals surface area contributed by atoms with Gasteiger partial charge in [0.2, 0.25) is 0 Å². The normalized spacial score (nSPS) is 10.8. The molecule has 0 saturated heterocycles. The van der Waals surface area contributed by atoms with Crippen LogP contribution in [0.1, 0.15) is 5.56 Å². The molecule has 0 aliphatic rings. The number of aryl methyl sites for hydroxylation is 1. The van der Waals surface area contributed by atoms with E-state index in [-0.39, 0.29) is 11.4 Å². The average Bonchev–Trinajstić information content (AvgIpc) is 2.93. The van der Waals surface area contributed by atoms with Gasteiger partial charge in [-0.2, -0.15) is 5.10 Å². The zero-order valence-corrected chi connectivity index (χ0v) is 10.7. The van der Waals surface area contributed by atoms with Crippen molar-refractivity contribution < 1.29 is 8.78 Å². The van der Waals surface area contributed by atoms with E-state index in [4.69, 9.17) is 0 Å². The summed E-state index contributed by atoms with van der Waals surface area (Å²) in [6, 6.07) is 11.6. The maximum atomic E-state index is 13.8. The van der Waals surface area contributed by atoms with Crippen LogP contribution in [0.3, 0.4) is 0 Å². The number of hydrogen-bond donors (Lipinski definition) is 1. The highest BCUT2D eigenvalue weighted by Gasteiger charge is 2.13. The first-order valence-corrected chi connectivity index (χ1v) is 6.09. The number of rotatable bonds is 2. The van der Waals surface area contributed by atoms with Crippen LogP contribution >= 0.6 is 0 Å². The Kier molecular flexibility index (Phi) is 3.02. The molecule has 1 aromatic heterocycles. The van der Waals surface area contributed by atoms with Gasteiger partial charge in [-0.1, -0.05) is 30.3 Å². The Bertz CT molecular complexity index is 751. The summed E-state index contributed by atoms with van der Waals surface area (Å²) in [4.78, 5) is 4.25. The Labute approximate surface area is 114 Å². The molecular formula is C15H11F2N3.